The zero-order valence-electron chi connectivity index (χ0n) is 11.9. The number of methoxy groups -OCH3 is 1. The third-order valence-corrected chi connectivity index (χ3v) is 3.27. The molecule has 20 heavy (non-hydrogen) atoms. The van der Waals surface area contributed by atoms with Crippen LogP contribution in [0.5, 0.6) is 5.75 Å². The number of hydrogen-bond donors (Lipinski definition) is 2. The first-order valence-electron chi connectivity index (χ1n) is 6.44. The molecule has 1 atom stereocenters. The van der Waals surface area contributed by atoms with E-state index in [0.29, 0.717) is 31.1 Å². The molecular formula is C14H22N2O3S. The van der Waals surface area contributed by atoms with Gasteiger partial charge in [-0.2, -0.15) is 11.8 Å². The molecule has 0 saturated heterocycles. The molecular weight excluding hydrogens is 276 g/mol. The highest BCUT2D eigenvalue weighted by molar-refractivity contribution is 7.98. The molecule has 1 aromatic rings. The molecule has 0 bridgehead atoms. The third kappa shape index (κ3) is 6.27. The zero-order chi connectivity index (χ0) is 14.8. The first-order chi connectivity index (χ1) is 9.67. The van der Waals surface area contributed by atoms with E-state index in [9.17, 15) is 4.79 Å². The van der Waals surface area contributed by atoms with Crippen LogP contribution in [0.1, 0.15) is 6.42 Å². The fraction of sp³-hybridized carbons (Fsp3) is 0.500. The number of nitrogens with two attached hydrogens (primary N) is 1. The summed E-state index contributed by atoms with van der Waals surface area (Å²) in [6, 6.07) is 6.75. The van der Waals surface area contributed by atoms with E-state index in [2.05, 4.69) is 5.32 Å². The van der Waals surface area contributed by atoms with Crippen molar-refractivity contribution in [1.82, 2.24) is 0 Å². The summed E-state index contributed by atoms with van der Waals surface area (Å²) in [5, 5.41) is 2.80. The summed E-state index contributed by atoms with van der Waals surface area (Å²) in [7, 11) is 1.62. The van der Waals surface area contributed by atoms with Gasteiger partial charge in [0.25, 0.3) is 0 Å². The Morgan fingerprint density at radius 2 is 2.25 bits per heavy atom. The Kier molecular flexibility index (Phi) is 8.10. The average molecular weight is 298 g/mol. The Morgan fingerprint density at radius 1 is 1.45 bits per heavy atom. The lowest BCUT2D eigenvalue weighted by Crippen LogP contribution is -2.36. The second-order valence-electron chi connectivity index (χ2n) is 4.25. The molecule has 0 aromatic heterocycles. The monoisotopic (exact) mass is 298 g/mol. The summed E-state index contributed by atoms with van der Waals surface area (Å²) in [4.78, 5) is 11.9. The number of carbonyl (C=O) groups excluding carboxylic acids is 1. The van der Waals surface area contributed by atoms with Gasteiger partial charge in [-0.3, -0.25) is 4.79 Å². The van der Waals surface area contributed by atoms with Crippen LogP contribution >= 0.6 is 11.8 Å². The number of carbonyl (C=O) groups is 1. The van der Waals surface area contributed by atoms with Gasteiger partial charge in [-0.1, -0.05) is 6.07 Å². The Hall–Kier alpha value is -1.24. The van der Waals surface area contributed by atoms with Gasteiger partial charge in [0.2, 0.25) is 5.91 Å². The van der Waals surface area contributed by atoms with E-state index in [1.165, 1.54) is 0 Å². The van der Waals surface area contributed by atoms with Gasteiger partial charge in [-0.05, 0) is 30.6 Å². The Balaban J connectivity index is 2.50. The molecule has 112 valence electrons. The number of rotatable bonds is 9. The second-order valence-corrected chi connectivity index (χ2v) is 5.23. The van der Waals surface area contributed by atoms with Crippen LogP contribution in [0.2, 0.25) is 0 Å². The van der Waals surface area contributed by atoms with Crippen LogP contribution in [0.15, 0.2) is 24.3 Å². The van der Waals surface area contributed by atoms with Crippen LogP contribution in [0, 0.1) is 0 Å². The zero-order valence-corrected chi connectivity index (χ0v) is 12.7. The number of thioether (sulfide) groups is 1. The third-order valence-electron chi connectivity index (χ3n) is 2.63. The molecule has 0 heterocycles. The minimum atomic E-state index is -0.486. The Labute approximate surface area is 124 Å². The first-order valence-corrected chi connectivity index (χ1v) is 7.84. The SMILES string of the molecule is COCCOc1cccc(NC(=O)[C@@H](N)CCSC)c1. The maximum Gasteiger partial charge on any atom is 0.241 e. The van der Waals surface area contributed by atoms with Crippen molar-refractivity contribution in [3.63, 3.8) is 0 Å². The van der Waals surface area contributed by atoms with Crippen LogP contribution in [0.4, 0.5) is 5.69 Å². The number of anilines is 1. The van der Waals surface area contributed by atoms with Crippen LogP contribution < -0.4 is 15.8 Å². The summed E-state index contributed by atoms with van der Waals surface area (Å²) in [6.07, 6.45) is 2.66. The van der Waals surface area contributed by atoms with Crippen molar-refractivity contribution in [2.24, 2.45) is 5.73 Å². The van der Waals surface area contributed by atoms with Crippen molar-refractivity contribution in [2.45, 2.75) is 12.5 Å². The minimum Gasteiger partial charge on any atom is -0.491 e. The number of nitrogens with one attached hydrogen (secondary N) is 1. The number of hydrogen-bond acceptors (Lipinski definition) is 5. The number of ether oxygens (including phenoxy) is 2. The fourth-order valence-electron chi connectivity index (χ4n) is 1.52. The van der Waals surface area contributed by atoms with Gasteiger partial charge in [-0.15, -0.1) is 0 Å². The first kappa shape index (κ1) is 16.8. The molecule has 0 spiro atoms. The Bertz CT molecular complexity index is 415. The molecule has 6 heteroatoms. The molecule has 5 nitrogen and oxygen atoms in total. The molecule has 0 unspecified atom stereocenters. The van der Waals surface area contributed by atoms with E-state index < -0.39 is 6.04 Å². The standard InChI is InChI=1S/C14H22N2O3S/c1-18-7-8-19-12-5-3-4-11(10-12)16-14(17)13(15)6-9-20-2/h3-5,10,13H,6-9,15H2,1-2H3,(H,16,17)/t13-/m0/s1. The minimum absolute atomic E-state index is 0.173. The van der Waals surface area contributed by atoms with Gasteiger partial charge < -0.3 is 20.5 Å². The quantitative estimate of drug-likeness (QED) is 0.679. The fourth-order valence-corrected chi connectivity index (χ4v) is 2.01. The summed E-state index contributed by atoms with van der Waals surface area (Å²) in [5.41, 5.74) is 6.50. The topological polar surface area (TPSA) is 73.6 Å². The average Bonchev–Trinajstić information content (AvgIpc) is 2.45. The van der Waals surface area contributed by atoms with E-state index in [0.717, 1.165) is 5.75 Å². The van der Waals surface area contributed by atoms with Gasteiger partial charge in [0.15, 0.2) is 0 Å². The molecule has 1 rings (SSSR count). The van der Waals surface area contributed by atoms with E-state index in [-0.39, 0.29) is 5.91 Å². The molecule has 1 aromatic carbocycles. The van der Waals surface area contributed by atoms with Crippen molar-refractivity contribution in [3.8, 4) is 5.75 Å². The molecule has 0 radical (unpaired) electrons. The van der Waals surface area contributed by atoms with Crippen LogP contribution in [0.25, 0.3) is 0 Å². The van der Waals surface area contributed by atoms with Crippen molar-refractivity contribution in [3.05, 3.63) is 24.3 Å². The van der Waals surface area contributed by atoms with Gasteiger partial charge in [0.05, 0.1) is 12.6 Å². The Morgan fingerprint density at radius 3 is 2.95 bits per heavy atom. The molecule has 0 fully saturated rings. The van der Waals surface area contributed by atoms with Crippen molar-refractivity contribution >= 4 is 23.4 Å². The van der Waals surface area contributed by atoms with Crippen LogP contribution in [-0.2, 0) is 9.53 Å². The normalized spacial score (nSPS) is 11.9. The maximum absolute atomic E-state index is 11.9. The van der Waals surface area contributed by atoms with Crippen molar-refractivity contribution in [1.29, 1.82) is 0 Å². The highest BCUT2D eigenvalue weighted by Gasteiger charge is 2.13. The summed E-state index contributed by atoms with van der Waals surface area (Å²) < 4.78 is 10.4. The predicted molar refractivity (Wildman–Crippen MR) is 83.4 cm³/mol. The molecule has 3 N–H and O–H groups in total. The lowest BCUT2D eigenvalue weighted by atomic mass is 10.2. The van der Waals surface area contributed by atoms with E-state index in [1.54, 1.807) is 24.9 Å². The van der Waals surface area contributed by atoms with Gasteiger partial charge >= 0.3 is 0 Å². The lowest BCUT2D eigenvalue weighted by molar-refractivity contribution is -0.117. The summed E-state index contributed by atoms with van der Waals surface area (Å²) in [6.45, 7) is 0.997. The van der Waals surface area contributed by atoms with E-state index >= 15 is 0 Å². The highest BCUT2D eigenvalue weighted by atomic mass is 32.2. The molecule has 0 saturated carbocycles. The number of benzene rings is 1. The second kappa shape index (κ2) is 9.63. The summed E-state index contributed by atoms with van der Waals surface area (Å²) in [5.74, 6) is 1.39. The molecule has 0 aliphatic rings. The van der Waals surface area contributed by atoms with Crippen LogP contribution in [-0.4, -0.2) is 44.3 Å². The molecule has 0 aliphatic heterocycles. The predicted octanol–water partition coefficient (Wildman–Crippen LogP) is 1.73. The van der Waals surface area contributed by atoms with E-state index in [4.69, 9.17) is 15.2 Å². The maximum atomic E-state index is 11.9. The highest BCUT2D eigenvalue weighted by Crippen LogP contribution is 2.17. The van der Waals surface area contributed by atoms with Gasteiger partial charge in [0, 0.05) is 18.9 Å². The van der Waals surface area contributed by atoms with Crippen LogP contribution in [0.3, 0.4) is 0 Å². The largest absolute Gasteiger partial charge is 0.491 e. The van der Waals surface area contributed by atoms with Gasteiger partial charge in [-0.25, -0.2) is 0 Å². The smallest absolute Gasteiger partial charge is 0.241 e. The van der Waals surface area contributed by atoms with E-state index in [1.807, 2.05) is 24.5 Å². The van der Waals surface area contributed by atoms with Crippen molar-refractivity contribution < 1.29 is 14.3 Å². The number of amides is 1. The lowest BCUT2D eigenvalue weighted by Gasteiger charge is -2.12. The summed E-state index contributed by atoms with van der Waals surface area (Å²) >= 11 is 1.68. The van der Waals surface area contributed by atoms with Crippen molar-refractivity contribution in [2.75, 3.05) is 37.6 Å². The van der Waals surface area contributed by atoms with Gasteiger partial charge in [0.1, 0.15) is 12.4 Å². The molecule has 0 aliphatic carbocycles. The molecule has 1 amide bonds.